The Morgan fingerprint density at radius 3 is 0.600 bits per heavy atom. The molecule has 120 heavy (non-hydrogen) atoms. The van der Waals surface area contributed by atoms with Gasteiger partial charge in [-0.25, -0.2) is 0 Å². The van der Waals surface area contributed by atoms with E-state index in [0.717, 1.165) is 56.9 Å². The smallest absolute Gasteiger partial charge is 0.0725 e. The van der Waals surface area contributed by atoms with E-state index >= 15 is 0 Å². The Bertz CT molecular complexity index is 6920. The Balaban J connectivity index is 0.000000140. The monoisotopic (exact) mass is 1530 g/mol. The number of rotatable bonds is 12. The van der Waals surface area contributed by atoms with Gasteiger partial charge in [0.05, 0.1) is 10.8 Å². The fourth-order valence-corrected chi connectivity index (χ4v) is 20.6. The van der Waals surface area contributed by atoms with Gasteiger partial charge in [-0.05, 0) is 339 Å². The maximum absolute atomic E-state index is 2.51. The SMILES string of the molecule is Cc1ccccc1N(c1ccccc1)c1ccc2cc3c(cc2c1)C1(c2ccccc2-c2ccccc21)c1cc2cc(N(c4ccccc4)c4ccccc4C)ccc2cc1-3.c1ccc(N(c2ccccc2)c2ccc3cc4c(cc3c2)C2(c3ccccc3-c3ccccc32)c2cc3cc(N(c5ccccc5)c5ccccc5)ccc3cc2-4)cc1. The lowest BCUT2D eigenvalue weighted by Gasteiger charge is -2.31. The molecule has 2 spiro atoms. The zero-order valence-corrected chi connectivity index (χ0v) is 66.5. The molecule has 0 fully saturated rings. The second kappa shape index (κ2) is 28.2. The van der Waals surface area contributed by atoms with Crippen LogP contribution in [0.15, 0.2) is 449 Å². The van der Waals surface area contributed by atoms with Gasteiger partial charge >= 0.3 is 0 Å². The van der Waals surface area contributed by atoms with Gasteiger partial charge in [-0.15, -0.1) is 0 Å². The lowest BCUT2D eigenvalue weighted by molar-refractivity contribution is 0.796. The second-order valence-electron chi connectivity index (χ2n) is 32.3. The second-order valence-corrected chi connectivity index (χ2v) is 32.3. The molecule has 0 saturated carbocycles. The molecule has 0 saturated heterocycles. The fraction of sp³-hybridized carbons (Fsp3) is 0.0345. The van der Waals surface area contributed by atoms with E-state index in [1.807, 2.05) is 0 Å². The Kier molecular flexibility index (Phi) is 16.5. The van der Waals surface area contributed by atoms with Crippen LogP contribution in [-0.2, 0) is 10.8 Å². The first kappa shape index (κ1) is 70.1. The number of benzene rings is 20. The van der Waals surface area contributed by atoms with E-state index in [2.05, 4.69) is 482 Å². The Morgan fingerprint density at radius 2 is 0.350 bits per heavy atom. The van der Waals surface area contributed by atoms with Crippen molar-refractivity contribution in [2.24, 2.45) is 0 Å². The molecule has 564 valence electrons. The highest BCUT2D eigenvalue weighted by molar-refractivity contribution is 6.08. The summed E-state index contributed by atoms with van der Waals surface area (Å²) in [6, 6.07) is 166. The highest BCUT2D eigenvalue weighted by Crippen LogP contribution is 2.66. The minimum Gasteiger partial charge on any atom is -0.310 e. The first-order chi connectivity index (χ1) is 59.3. The van der Waals surface area contributed by atoms with E-state index in [1.54, 1.807) is 0 Å². The van der Waals surface area contributed by atoms with Gasteiger partial charge in [-0.3, -0.25) is 0 Å². The van der Waals surface area contributed by atoms with Gasteiger partial charge in [0.15, 0.2) is 0 Å². The normalized spacial score (nSPS) is 12.9. The highest BCUT2D eigenvalue weighted by Gasteiger charge is 2.54. The van der Waals surface area contributed by atoms with Crippen LogP contribution in [-0.4, -0.2) is 0 Å². The van der Waals surface area contributed by atoms with Gasteiger partial charge in [-0.1, -0.05) is 267 Å². The van der Waals surface area contributed by atoms with Crippen LogP contribution in [0.2, 0.25) is 0 Å². The topological polar surface area (TPSA) is 13.0 Å². The zero-order chi connectivity index (χ0) is 79.6. The van der Waals surface area contributed by atoms with E-state index < -0.39 is 10.8 Å². The van der Waals surface area contributed by atoms with Crippen LogP contribution in [0.3, 0.4) is 0 Å². The Morgan fingerprint density at radius 1 is 0.142 bits per heavy atom. The van der Waals surface area contributed by atoms with E-state index in [4.69, 9.17) is 0 Å². The van der Waals surface area contributed by atoms with Crippen LogP contribution in [0, 0.1) is 13.8 Å². The quantitative estimate of drug-likeness (QED) is 0.121. The van der Waals surface area contributed by atoms with Crippen molar-refractivity contribution in [3.63, 3.8) is 0 Å². The van der Waals surface area contributed by atoms with Gasteiger partial charge in [0.25, 0.3) is 0 Å². The third-order valence-corrected chi connectivity index (χ3v) is 25.8. The summed E-state index contributed by atoms with van der Waals surface area (Å²) in [7, 11) is 0. The summed E-state index contributed by atoms with van der Waals surface area (Å²) in [6.07, 6.45) is 0. The average molecular weight is 1530 g/mol. The predicted molar refractivity (Wildman–Crippen MR) is 504 cm³/mol. The molecule has 0 heterocycles. The van der Waals surface area contributed by atoms with E-state index in [1.165, 1.54) is 155 Å². The van der Waals surface area contributed by atoms with Crippen LogP contribution >= 0.6 is 0 Å². The molecule has 20 aromatic carbocycles. The summed E-state index contributed by atoms with van der Waals surface area (Å²) in [4.78, 5) is 9.50. The molecule has 0 atom stereocenters. The van der Waals surface area contributed by atoms with Crippen molar-refractivity contribution in [3.8, 4) is 44.5 Å². The molecule has 4 aliphatic carbocycles. The van der Waals surface area contributed by atoms with Crippen LogP contribution in [0.1, 0.15) is 55.6 Å². The number of nitrogens with zero attached hydrogens (tertiary/aromatic N) is 4. The summed E-state index contributed by atoms with van der Waals surface area (Å²) in [5.41, 5.74) is 36.4. The van der Waals surface area contributed by atoms with E-state index in [9.17, 15) is 0 Å². The molecule has 4 aliphatic rings. The Hall–Kier alpha value is -15.4. The number of para-hydroxylation sites is 8. The molecular weight excluding hydrogens is 1450 g/mol. The van der Waals surface area contributed by atoms with Crippen molar-refractivity contribution < 1.29 is 0 Å². The molecule has 4 heteroatoms. The molecule has 0 aromatic heterocycles. The molecule has 4 nitrogen and oxygen atoms in total. The average Bonchev–Trinajstić information content (AvgIpc) is 1.51. The third-order valence-electron chi connectivity index (χ3n) is 25.8. The lowest BCUT2D eigenvalue weighted by Crippen LogP contribution is -2.25. The standard InChI is InChI=1S/C59H42N2.C57H38N2/c1-39-17-9-15-27-57(39)60(45-19-5-3-6-20-45)47-31-29-41-35-51-52-36-42-30-32-48(61(46-21-7-4-8-22-46)58-28-16-10-18-40(58)2)34-44(42)38-56(52)59(55(51)37-43(41)33-47)53-25-13-11-23-49(53)50-24-12-14-26-54(50)59;1-5-17-43(18-6-1)58(44-19-7-2-8-20-44)47-31-29-39-35-51-52-36-40-30-32-48(59(45-21-9-3-10-22-45)46-23-11-4-12-24-46)34-42(40)38-56(52)57(55(51)37-41(39)33-47)53-27-15-13-25-49(53)50-26-14-16-28-54(50)57/h3-38H,1-2H3;1-38H. The summed E-state index contributed by atoms with van der Waals surface area (Å²) in [5, 5.41) is 9.82. The molecule has 0 bridgehead atoms. The summed E-state index contributed by atoms with van der Waals surface area (Å²) < 4.78 is 0. The first-order valence-corrected chi connectivity index (χ1v) is 41.7. The number of fused-ring (bicyclic) bond motifs is 24. The van der Waals surface area contributed by atoms with Crippen molar-refractivity contribution in [1.29, 1.82) is 0 Å². The third kappa shape index (κ3) is 11.0. The lowest BCUT2D eigenvalue weighted by atomic mass is 9.70. The molecule has 20 aromatic rings. The predicted octanol–water partition coefficient (Wildman–Crippen LogP) is 31.2. The van der Waals surface area contributed by atoms with E-state index in [-0.39, 0.29) is 0 Å². The first-order valence-electron chi connectivity index (χ1n) is 41.7. The van der Waals surface area contributed by atoms with Crippen molar-refractivity contribution in [1.82, 2.24) is 0 Å². The number of hydrogen-bond acceptors (Lipinski definition) is 4. The minimum atomic E-state index is -0.490. The molecule has 0 aliphatic heterocycles. The largest absolute Gasteiger partial charge is 0.310 e. The zero-order valence-electron chi connectivity index (χ0n) is 66.5. The molecule has 0 amide bonds. The fourth-order valence-electron chi connectivity index (χ4n) is 20.6. The van der Waals surface area contributed by atoms with Crippen molar-refractivity contribution in [3.05, 3.63) is 505 Å². The number of hydrogen-bond donors (Lipinski definition) is 0. The summed E-state index contributed by atoms with van der Waals surface area (Å²) >= 11 is 0. The van der Waals surface area contributed by atoms with Crippen LogP contribution < -0.4 is 19.6 Å². The van der Waals surface area contributed by atoms with Crippen LogP contribution in [0.5, 0.6) is 0 Å². The van der Waals surface area contributed by atoms with Gasteiger partial charge in [-0.2, -0.15) is 0 Å². The maximum Gasteiger partial charge on any atom is 0.0725 e. The molecule has 0 N–H and O–H groups in total. The van der Waals surface area contributed by atoms with Gasteiger partial charge in [0.1, 0.15) is 0 Å². The Labute approximate surface area is 699 Å². The van der Waals surface area contributed by atoms with Gasteiger partial charge in [0, 0.05) is 68.2 Å². The summed E-state index contributed by atoms with van der Waals surface area (Å²) in [5.74, 6) is 0. The summed E-state index contributed by atoms with van der Waals surface area (Å²) in [6.45, 7) is 4.40. The highest BCUT2D eigenvalue weighted by atomic mass is 15.2. The van der Waals surface area contributed by atoms with Crippen molar-refractivity contribution >= 4 is 111 Å². The van der Waals surface area contributed by atoms with Gasteiger partial charge < -0.3 is 19.6 Å². The molecule has 24 rings (SSSR count). The molecule has 0 unspecified atom stereocenters. The van der Waals surface area contributed by atoms with E-state index in [0.29, 0.717) is 0 Å². The minimum absolute atomic E-state index is 0.483. The molecule has 0 radical (unpaired) electrons. The van der Waals surface area contributed by atoms with Gasteiger partial charge in [0.2, 0.25) is 0 Å². The van der Waals surface area contributed by atoms with Crippen molar-refractivity contribution in [2.75, 3.05) is 19.6 Å². The number of anilines is 12. The molecular formula is C116H80N4. The van der Waals surface area contributed by atoms with Crippen molar-refractivity contribution in [2.45, 2.75) is 24.7 Å². The maximum atomic E-state index is 2.51. The van der Waals surface area contributed by atoms with Crippen LogP contribution in [0.25, 0.3) is 87.6 Å². The number of aryl methyl sites for hydroxylation is 2. The van der Waals surface area contributed by atoms with Crippen LogP contribution in [0.4, 0.5) is 68.2 Å².